The summed E-state index contributed by atoms with van der Waals surface area (Å²) in [5.41, 5.74) is 2.08. The fourth-order valence-electron chi connectivity index (χ4n) is 1.85. The van der Waals surface area contributed by atoms with Gasteiger partial charge in [0.15, 0.2) is 0 Å². The van der Waals surface area contributed by atoms with Crippen LogP contribution in [0.1, 0.15) is 18.0 Å². The van der Waals surface area contributed by atoms with Gasteiger partial charge in [-0.25, -0.2) is 4.98 Å². The maximum atomic E-state index is 4.32. The van der Waals surface area contributed by atoms with Crippen molar-refractivity contribution in [1.82, 2.24) is 19.7 Å². The van der Waals surface area contributed by atoms with Gasteiger partial charge in [-0.05, 0) is 25.1 Å². The molecular formula is C13H13N5S. The van der Waals surface area contributed by atoms with E-state index in [1.807, 2.05) is 34.3 Å². The molecule has 0 fully saturated rings. The Bertz CT molecular complexity index is 633. The minimum Gasteiger partial charge on any atom is -0.376 e. The number of aromatic nitrogens is 4. The summed E-state index contributed by atoms with van der Waals surface area (Å²) < 4.78 is 1.87. The zero-order valence-electron chi connectivity index (χ0n) is 10.4. The van der Waals surface area contributed by atoms with Crippen LogP contribution in [0, 0.1) is 0 Å². The van der Waals surface area contributed by atoms with E-state index in [4.69, 9.17) is 0 Å². The van der Waals surface area contributed by atoms with E-state index in [1.165, 1.54) is 0 Å². The van der Waals surface area contributed by atoms with Crippen molar-refractivity contribution in [3.05, 3.63) is 53.5 Å². The average Bonchev–Trinajstić information content (AvgIpc) is 3.13. The van der Waals surface area contributed by atoms with E-state index >= 15 is 0 Å². The molecule has 3 rings (SSSR count). The van der Waals surface area contributed by atoms with E-state index in [2.05, 4.69) is 33.5 Å². The summed E-state index contributed by atoms with van der Waals surface area (Å²) >= 11 is 1.65. The van der Waals surface area contributed by atoms with Crippen LogP contribution in [0.4, 0.5) is 5.69 Å². The van der Waals surface area contributed by atoms with Crippen molar-refractivity contribution >= 4 is 17.0 Å². The second kappa shape index (κ2) is 5.19. The topological polar surface area (TPSA) is 55.6 Å². The SMILES string of the molecule is CC(Nc1cccc(-n2cnnc2)c1)c1nccs1. The molecule has 0 aliphatic heterocycles. The average molecular weight is 271 g/mol. The first-order chi connectivity index (χ1) is 9.33. The molecule has 19 heavy (non-hydrogen) atoms. The first kappa shape index (κ1) is 11.9. The number of rotatable bonds is 4. The van der Waals surface area contributed by atoms with Gasteiger partial charge in [0.25, 0.3) is 0 Å². The van der Waals surface area contributed by atoms with Crippen LogP contribution in [0.15, 0.2) is 48.5 Å². The molecule has 5 nitrogen and oxygen atoms in total. The van der Waals surface area contributed by atoms with Crippen LogP contribution in [-0.2, 0) is 0 Å². The second-order valence-corrected chi connectivity index (χ2v) is 5.08. The summed E-state index contributed by atoms with van der Waals surface area (Å²) in [4.78, 5) is 4.32. The Morgan fingerprint density at radius 3 is 2.84 bits per heavy atom. The van der Waals surface area contributed by atoms with Crippen LogP contribution in [0.25, 0.3) is 5.69 Å². The van der Waals surface area contributed by atoms with Crippen molar-refractivity contribution in [2.45, 2.75) is 13.0 Å². The molecule has 1 atom stereocenters. The third-order valence-corrected chi connectivity index (χ3v) is 3.73. The van der Waals surface area contributed by atoms with Gasteiger partial charge in [-0.15, -0.1) is 21.5 Å². The fraction of sp³-hybridized carbons (Fsp3) is 0.154. The summed E-state index contributed by atoms with van der Waals surface area (Å²) in [6, 6.07) is 8.32. The molecule has 0 aliphatic rings. The molecule has 6 heteroatoms. The van der Waals surface area contributed by atoms with Crippen molar-refractivity contribution < 1.29 is 0 Å². The molecule has 0 bridgehead atoms. The molecule has 0 aliphatic carbocycles. The Morgan fingerprint density at radius 2 is 2.11 bits per heavy atom. The van der Waals surface area contributed by atoms with Crippen LogP contribution in [0.5, 0.6) is 0 Å². The normalized spacial score (nSPS) is 12.3. The molecule has 0 saturated heterocycles. The molecule has 3 aromatic rings. The number of nitrogens with zero attached hydrogens (tertiary/aromatic N) is 4. The molecular weight excluding hydrogens is 258 g/mol. The highest BCUT2D eigenvalue weighted by Crippen LogP contribution is 2.22. The molecule has 0 radical (unpaired) electrons. The molecule has 2 aromatic heterocycles. The maximum Gasteiger partial charge on any atom is 0.123 e. The predicted molar refractivity (Wildman–Crippen MR) is 75.5 cm³/mol. The Kier molecular flexibility index (Phi) is 3.24. The van der Waals surface area contributed by atoms with Crippen LogP contribution in [0.3, 0.4) is 0 Å². The summed E-state index contributed by atoms with van der Waals surface area (Å²) in [7, 11) is 0. The molecule has 1 aromatic carbocycles. The van der Waals surface area contributed by atoms with Gasteiger partial charge >= 0.3 is 0 Å². The van der Waals surface area contributed by atoms with Crippen LogP contribution in [-0.4, -0.2) is 19.7 Å². The number of thiazole rings is 1. The maximum absolute atomic E-state index is 4.32. The van der Waals surface area contributed by atoms with E-state index in [-0.39, 0.29) is 6.04 Å². The Hall–Kier alpha value is -2.21. The van der Waals surface area contributed by atoms with Gasteiger partial charge in [-0.2, -0.15) is 0 Å². The second-order valence-electron chi connectivity index (χ2n) is 4.16. The zero-order valence-corrected chi connectivity index (χ0v) is 11.2. The highest BCUT2D eigenvalue weighted by molar-refractivity contribution is 7.09. The lowest BCUT2D eigenvalue weighted by Gasteiger charge is -2.13. The van der Waals surface area contributed by atoms with E-state index in [9.17, 15) is 0 Å². The number of benzene rings is 1. The summed E-state index contributed by atoms with van der Waals surface area (Å²) in [6.07, 6.45) is 5.19. The molecule has 1 N–H and O–H groups in total. The van der Waals surface area contributed by atoms with Gasteiger partial charge in [0.1, 0.15) is 17.7 Å². The third-order valence-electron chi connectivity index (χ3n) is 2.77. The van der Waals surface area contributed by atoms with Gasteiger partial charge in [0, 0.05) is 17.3 Å². The Labute approximate surface area is 115 Å². The van der Waals surface area contributed by atoms with E-state index < -0.39 is 0 Å². The molecule has 2 heterocycles. The summed E-state index contributed by atoms with van der Waals surface area (Å²) in [5, 5.41) is 14.1. The highest BCUT2D eigenvalue weighted by Gasteiger charge is 2.08. The van der Waals surface area contributed by atoms with E-state index in [0.717, 1.165) is 16.4 Å². The van der Waals surface area contributed by atoms with Crippen LogP contribution >= 0.6 is 11.3 Å². The number of anilines is 1. The van der Waals surface area contributed by atoms with Crippen LogP contribution in [0.2, 0.25) is 0 Å². The van der Waals surface area contributed by atoms with Crippen molar-refractivity contribution in [2.24, 2.45) is 0 Å². The predicted octanol–water partition coefficient (Wildman–Crippen LogP) is 2.90. The van der Waals surface area contributed by atoms with Crippen molar-refractivity contribution in [1.29, 1.82) is 0 Å². The van der Waals surface area contributed by atoms with Gasteiger partial charge < -0.3 is 5.32 Å². The lowest BCUT2D eigenvalue weighted by Crippen LogP contribution is -2.06. The van der Waals surface area contributed by atoms with Gasteiger partial charge in [0.2, 0.25) is 0 Å². The number of hydrogen-bond donors (Lipinski definition) is 1. The molecule has 0 spiro atoms. The largest absolute Gasteiger partial charge is 0.376 e. The minimum atomic E-state index is 0.191. The summed E-state index contributed by atoms with van der Waals surface area (Å²) in [5.74, 6) is 0. The lowest BCUT2D eigenvalue weighted by atomic mass is 10.2. The van der Waals surface area contributed by atoms with Crippen molar-refractivity contribution in [3.8, 4) is 5.69 Å². The third kappa shape index (κ3) is 2.63. The van der Waals surface area contributed by atoms with Gasteiger partial charge in [-0.1, -0.05) is 6.07 Å². The molecule has 0 amide bonds. The summed E-state index contributed by atoms with van der Waals surface area (Å²) in [6.45, 7) is 2.10. The fourth-order valence-corrected chi connectivity index (χ4v) is 2.50. The zero-order chi connectivity index (χ0) is 13.1. The molecule has 1 unspecified atom stereocenters. The number of hydrogen-bond acceptors (Lipinski definition) is 5. The van der Waals surface area contributed by atoms with Crippen molar-refractivity contribution in [2.75, 3.05) is 5.32 Å². The number of nitrogens with one attached hydrogen (secondary N) is 1. The highest BCUT2D eigenvalue weighted by atomic mass is 32.1. The molecule has 0 saturated carbocycles. The first-order valence-electron chi connectivity index (χ1n) is 5.94. The first-order valence-corrected chi connectivity index (χ1v) is 6.82. The lowest BCUT2D eigenvalue weighted by molar-refractivity contribution is 0.869. The van der Waals surface area contributed by atoms with E-state index in [1.54, 1.807) is 24.0 Å². The smallest absolute Gasteiger partial charge is 0.123 e. The quantitative estimate of drug-likeness (QED) is 0.792. The molecule has 96 valence electrons. The Morgan fingerprint density at radius 1 is 1.26 bits per heavy atom. The standard InChI is InChI=1S/C13H13N5S/c1-10(13-14-5-6-19-13)17-11-3-2-4-12(7-11)18-8-15-16-9-18/h2-10,17H,1H3. The Balaban J connectivity index is 1.80. The van der Waals surface area contributed by atoms with Crippen LogP contribution < -0.4 is 5.32 Å². The van der Waals surface area contributed by atoms with Gasteiger partial charge in [-0.3, -0.25) is 4.57 Å². The van der Waals surface area contributed by atoms with E-state index in [0.29, 0.717) is 0 Å². The van der Waals surface area contributed by atoms with Gasteiger partial charge in [0.05, 0.1) is 11.7 Å². The van der Waals surface area contributed by atoms with Crippen molar-refractivity contribution in [3.63, 3.8) is 0 Å². The monoisotopic (exact) mass is 271 g/mol. The minimum absolute atomic E-state index is 0.191.